The molecule has 0 spiro atoms. The molecule has 10 rings (SSSR count). The summed E-state index contributed by atoms with van der Waals surface area (Å²) in [5.74, 6) is 0. The summed E-state index contributed by atoms with van der Waals surface area (Å²) in [7, 11) is 0. The number of hydrogen-bond donors (Lipinski definition) is 0. The van der Waals surface area contributed by atoms with E-state index in [4.69, 9.17) is 0 Å². The zero-order valence-electron chi connectivity index (χ0n) is 29.6. The van der Waals surface area contributed by atoms with Crippen molar-refractivity contribution in [2.24, 2.45) is 0 Å². The van der Waals surface area contributed by atoms with Crippen molar-refractivity contribution in [3.63, 3.8) is 0 Å². The van der Waals surface area contributed by atoms with Crippen molar-refractivity contribution in [1.82, 2.24) is 0 Å². The normalized spacial score (nSPS) is 11.3. The minimum absolute atomic E-state index is 1.11. The molecule has 1 heterocycles. The van der Waals surface area contributed by atoms with Gasteiger partial charge in [0.1, 0.15) is 0 Å². The van der Waals surface area contributed by atoms with Crippen LogP contribution in [0.3, 0.4) is 0 Å². The molecule has 0 saturated heterocycles. The molecule has 9 aromatic carbocycles. The highest BCUT2D eigenvalue weighted by molar-refractivity contribution is 7.17. The van der Waals surface area contributed by atoms with Gasteiger partial charge in [-0.2, -0.15) is 0 Å². The molecule has 254 valence electrons. The van der Waals surface area contributed by atoms with Crippen molar-refractivity contribution in [2.45, 2.75) is 0 Å². The van der Waals surface area contributed by atoms with Crippen LogP contribution < -0.4 is 4.90 Å². The van der Waals surface area contributed by atoms with E-state index in [0.717, 1.165) is 17.1 Å². The molecule has 54 heavy (non-hydrogen) atoms. The fourth-order valence-corrected chi connectivity index (χ4v) is 8.37. The van der Waals surface area contributed by atoms with Gasteiger partial charge in [0.05, 0.1) is 0 Å². The molecule has 1 aromatic heterocycles. The lowest BCUT2D eigenvalue weighted by molar-refractivity contribution is 1.28. The first-order valence-electron chi connectivity index (χ1n) is 18.4. The van der Waals surface area contributed by atoms with E-state index in [2.05, 4.69) is 217 Å². The van der Waals surface area contributed by atoms with Crippen molar-refractivity contribution in [1.29, 1.82) is 0 Å². The molecule has 2 heteroatoms. The molecule has 0 aliphatic carbocycles. The van der Waals surface area contributed by atoms with Gasteiger partial charge in [-0.25, -0.2) is 0 Å². The maximum atomic E-state index is 2.35. The van der Waals surface area contributed by atoms with Crippen LogP contribution in [0, 0.1) is 0 Å². The fraction of sp³-hybridized carbons (Fsp3) is 0. The van der Waals surface area contributed by atoms with Crippen LogP contribution in [0.5, 0.6) is 0 Å². The number of thiophene rings is 1. The summed E-state index contributed by atoms with van der Waals surface area (Å²) in [5, 5.41) is 8.48. The Labute approximate surface area is 319 Å². The van der Waals surface area contributed by atoms with Crippen molar-refractivity contribution >= 4 is 60.0 Å². The van der Waals surface area contributed by atoms with E-state index in [1.165, 1.54) is 76.1 Å². The van der Waals surface area contributed by atoms with Gasteiger partial charge >= 0.3 is 0 Å². The van der Waals surface area contributed by atoms with E-state index in [-0.39, 0.29) is 0 Å². The monoisotopic (exact) mass is 705 g/mol. The maximum Gasteiger partial charge on any atom is 0.0462 e. The Morgan fingerprint density at radius 2 is 0.593 bits per heavy atom. The van der Waals surface area contributed by atoms with Gasteiger partial charge in [-0.05, 0) is 144 Å². The Bertz CT molecular complexity index is 2900. The molecule has 0 bridgehead atoms. The number of anilines is 3. The Hall–Kier alpha value is -6.74. The SMILES string of the molecule is c1ccc2cc(-c3ccc(-c4ccc(N(c5ccc(-c6ccc7ccccc7c6)cc5)c5ccc(-c6ccc7sccc7c6)cc5)cc4)cc3)ccc2c1. The molecule has 0 radical (unpaired) electrons. The van der Waals surface area contributed by atoms with Gasteiger partial charge < -0.3 is 4.90 Å². The standard InChI is InChI=1S/C52H35NS/c1-3-7-43-33-45(15-13-36(43)5-1)40-11-9-38(10-12-40)39-17-24-49(25-18-39)53(51-28-21-42(22-29-51)47-23-30-52-48(35-47)31-32-54-52)50-26-19-41(20-27-50)46-16-14-37-6-2-4-8-44(37)34-46/h1-35H. The predicted octanol–water partition coefficient (Wildman–Crippen LogP) is 15.3. The Balaban J connectivity index is 0.975. The van der Waals surface area contributed by atoms with Gasteiger partial charge in [-0.15, -0.1) is 11.3 Å². The third-order valence-corrected chi connectivity index (χ3v) is 11.4. The van der Waals surface area contributed by atoms with Crippen LogP contribution in [-0.2, 0) is 0 Å². The van der Waals surface area contributed by atoms with Crippen molar-refractivity contribution in [3.8, 4) is 44.5 Å². The second kappa shape index (κ2) is 13.7. The highest BCUT2D eigenvalue weighted by atomic mass is 32.1. The van der Waals surface area contributed by atoms with Crippen LogP contribution in [0.25, 0.3) is 76.1 Å². The van der Waals surface area contributed by atoms with Gasteiger partial charge in [0, 0.05) is 21.8 Å². The van der Waals surface area contributed by atoms with Crippen LogP contribution in [0.4, 0.5) is 17.1 Å². The number of fused-ring (bicyclic) bond motifs is 3. The Kier molecular flexibility index (Phi) is 8.09. The predicted molar refractivity (Wildman–Crippen MR) is 233 cm³/mol. The molecule has 0 atom stereocenters. The van der Waals surface area contributed by atoms with Gasteiger partial charge in [0.2, 0.25) is 0 Å². The van der Waals surface area contributed by atoms with Gasteiger partial charge in [-0.1, -0.05) is 140 Å². The highest BCUT2D eigenvalue weighted by Crippen LogP contribution is 2.39. The van der Waals surface area contributed by atoms with Gasteiger partial charge in [0.15, 0.2) is 0 Å². The van der Waals surface area contributed by atoms with E-state index in [0.29, 0.717) is 0 Å². The van der Waals surface area contributed by atoms with Crippen LogP contribution >= 0.6 is 11.3 Å². The molecule has 1 nitrogen and oxygen atoms in total. The summed E-state index contributed by atoms with van der Waals surface area (Å²) in [6.07, 6.45) is 0. The Morgan fingerprint density at radius 1 is 0.259 bits per heavy atom. The Morgan fingerprint density at radius 3 is 1.04 bits per heavy atom. The van der Waals surface area contributed by atoms with E-state index >= 15 is 0 Å². The number of benzene rings is 9. The van der Waals surface area contributed by atoms with Crippen molar-refractivity contribution in [2.75, 3.05) is 4.90 Å². The maximum absolute atomic E-state index is 2.35. The molecule has 0 aliphatic rings. The largest absolute Gasteiger partial charge is 0.311 e. The number of nitrogens with zero attached hydrogens (tertiary/aromatic N) is 1. The lowest BCUT2D eigenvalue weighted by atomic mass is 9.98. The summed E-state index contributed by atoms with van der Waals surface area (Å²) in [5.41, 5.74) is 13.0. The zero-order chi connectivity index (χ0) is 35.8. The van der Waals surface area contributed by atoms with Crippen molar-refractivity contribution < 1.29 is 0 Å². The third-order valence-electron chi connectivity index (χ3n) is 10.5. The topological polar surface area (TPSA) is 3.24 Å². The van der Waals surface area contributed by atoms with Crippen LogP contribution in [-0.4, -0.2) is 0 Å². The summed E-state index contributed by atoms with van der Waals surface area (Å²) in [4.78, 5) is 2.35. The van der Waals surface area contributed by atoms with E-state index in [1.807, 2.05) is 0 Å². The molecule has 0 unspecified atom stereocenters. The molecule has 0 fully saturated rings. The van der Waals surface area contributed by atoms with Crippen LogP contribution in [0.1, 0.15) is 0 Å². The minimum atomic E-state index is 1.11. The second-order valence-electron chi connectivity index (χ2n) is 13.9. The minimum Gasteiger partial charge on any atom is -0.311 e. The molecule has 0 aliphatic heterocycles. The van der Waals surface area contributed by atoms with Gasteiger partial charge in [0.25, 0.3) is 0 Å². The summed E-state index contributed by atoms with van der Waals surface area (Å²) >= 11 is 1.79. The summed E-state index contributed by atoms with van der Waals surface area (Å²) in [6, 6.07) is 75.2. The lowest BCUT2D eigenvalue weighted by Crippen LogP contribution is -2.09. The first-order chi connectivity index (χ1) is 26.7. The summed E-state index contributed by atoms with van der Waals surface area (Å²) < 4.78 is 1.32. The average Bonchev–Trinajstić information content (AvgIpc) is 3.73. The highest BCUT2D eigenvalue weighted by Gasteiger charge is 2.14. The molecular formula is C52H35NS. The van der Waals surface area contributed by atoms with E-state index in [9.17, 15) is 0 Å². The number of rotatable bonds is 7. The molecular weight excluding hydrogens is 671 g/mol. The van der Waals surface area contributed by atoms with Crippen LogP contribution in [0.2, 0.25) is 0 Å². The first kappa shape index (κ1) is 32.0. The molecule has 0 saturated carbocycles. The van der Waals surface area contributed by atoms with Gasteiger partial charge in [-0.3, -0.25) is 0 Å². The zero-order valence-corrected chi connectivity index (χ0v) is 30.4. The fourth-order valence-electron chi connectivity index (χ4n) is 7.60. The third kappa shape index (κ3) is 6.13. The average molecular weight is 706 g/mol. The van der Waals surface area contributed by atoms with E-state index < -0.39 is 0 Å². The number of hydrogen-bond acceptors (Lipinski definition) is 2. The molecule has 0 amide bonds. The molecule has 0 N–H and O–H groups in total. The summed E-state index contributed by atoms with van der Waals surface area (Å²) in [6.45, 7) is 0. The van der Waals surface area contributed by atoms with Crippen LogP contribution in [0.15, 0.2) is 212 Å². The smallest absolute Gasteiger partial charge is 0.0462 e. The quantitative estimate of drug-likeness (QED) is 0.160. The second-order valence-corrected chi connectivity index (χ2v) is 14.8. The first-order valence-corrected chi connectivity index (χ1v) is 19.3. The molecule has 10 aromatic rings. The van der Waals surface area contributed by atoms with Crippen molar-refractivity contribution in [3.05, 3.63) is 212 Å². The lowest BCUT2D eigenvalue weighted by Gasteiger charge is -2.26. The van der Waals surface area contributed by atoms with E-state index in [1.54, 1.807) is 11.3 Å².